The van der Waals surface area contributed by atoms with E-state index in [9.17, 15) is 10.1 Å². The fraction of sp³-hybridized carbons (Fsp3) is 0.263. The summed E-state index contributed by atoms with van der Waals surface area (Å²) in [5, 5.41) is 11.6. The van der Waals surface area contributed by atoms with Crippen LogP contribution in [0.2, 0.25) is 0 Å². The Morgan fingerprint density at radius 1 is 1.09 bits per heavy atom. The van der Waals surface area contributed by atoms with Gasteiger partial charge >= 0.3 is 0 Å². The molecule has 2 aromatic rings. The van der Waals surface area contributed by atoms with E-state index in [1.54, 1.807) is 0 Å². The van der Waals surface area contributed by atoms with E-state index in [0.717, 1.165) is 23.4 Å². The number of nitrogens with zero attached hydrogens (tertiary/aromatic N) is 2. The number of hydrogen-bond donors (Lipinski definition) is 0. The van der Waals surface area contributed by atoms with Crippen molar-refractivity contribution in [3.63, 3.8) is 0 Å². The predicted octanol–water partition coefficient (Wildman–Crippen LogP) is 4.93. The normalized spacial score (nSPS) is 17.6. The molecule has 0 saturated heterocycles. The highest BCUT2D eigenvalue weighted by Gasteiger charge is 2.39. The summed E-state index contributed by atoms with van der Waals surface area (Å²) in [5.74, 6) is 0. The molecule has 0 bridgehead atoms. The molecule has 0 amide bonds. The van der Waals surface area contributed by atoms with E-state index in [4.69, 9.17) is 0 Å². The van der Waals surface area contributed by atoms with E-state index in [1.165, 1.54) is 0 Å². The van der Waals surface area contributed by atoms with Crippen LogP contribution < -0.4 is 4.90 Å². The van der Waals surface area contributed by atoms with Crippen LogP contribution in [0.15, 0.2) is 72.1 Å². The zero-order valence-corrected chi connectivity index (χ0v) is 13.2. The molecule has 1 unspecified atom stereocenters. The van der Waals surface area contributed by atoms with E-state index in [1.807, 2.05) is 60.7 Å². The van der Waals surface area contributed by atoms with Crippen LogP contribution in [-0.2, 0) is 0 Å². The summed E-state index contributed by atoms with van der Waals surface area (Å²) in [6.07, 6.45) is 2.05. The number of allylic oxidation sites excluding steroid dienone is 1. The highest BCUT2D eigenvalue weighted by atomic mass is 16.6. The molecule has 0 radical (unpaired) electrons. The first kappa shape index (κ1) is 15.3. The fourth-order valence-electron chi connectivity index (χ4n) is 3.27. The Morgan fingerprint density at radius 2 is 1.70 bits per heavy atom. The van der Waals surface area contributed by atoms with Crippen molar-refractivity contribution in [3.05, 3.63) is 87.7 Å². The molecule has 0 N–H and O–H groups in total. The Balaban J connectivity index is 2.10. The molecule has 0 spiro atoms. The quantitative estimate of drug-likeness (QED) is 0.581. The molecule has 0 fully saturated rings. The van der Waals surface area contributed by atoms with Gasteiger partial charge in [-0.2, -0.15) is 0 Å². The lowest BCUT2D eigenvalue weighted by atomic mass is 10.0. The van der Waals surface area contributed by atoms with Crippen molar-refractivity contribution in [3.8, 4) is 0 Å². The van der Waals surface area contributed by atoms with Crippen LogP contribution in [0.25, 0.3) is 0 Å². The first-order chi connectivity index (χ1) is 11.2. The monoisotopic (exact) mass is 308 g/mol. The van der Waals surface area contributed by atoms with Crippen LogP contribution in [0.5, 0.6) is 0 Å². The molecule has 2 aromatic carbocycles. The number of nitro groups is 1. The summed E-state index contributed by atoms with van der Waals surface area (Å²) in [4.78, 5) is 13.5. The van der Waals surface area contributed by atoms with Crippen molar-refractivity contribution in [2.45, 2.75) is 32.2 Å². The third-order valence-electron chi connectivity index (χ3n) is 4.25. The highest BCUT2D eigenvalue weighted by Crippen LogP contribution is 2.43. The average Bonchev–Trinajstić information content (AvgIpc) is 2.96. The minimum absolute atomic E-state index is 0.0134. The van der Waals surface area contributed by atoms with Gasteiger partial charge in [-0.25, -0.2) is 0 Å². The largest absolute Gasteiger partial charge is 0.331 e. The second kappa shape index (κ2) is 6.65. The summed E-state index contributed by atoms with van der Waals surface area (Å²) in [5.41, 5.74) is 3.32. The molecule has 1 aliphatic heterocycles. The van der Waals surface area contributed by atoms with Gasteiger partial charge < -0.3 is 4.90 Å². The van der Waals surface area contributed by atoms with Gasteiger partial charge in [-0.3, -0.25) is 10.1 Å². The molecule has 0 aliphatic carbocycles. The van der Waals surface area contributed by atoms with Gasteiger partial charge in [0.25, 0.3) is 5.70 Å². The van der Waals surface area contributed by atoms with E-state index in [0.29, 0.717) is 18.5 Å². The molecule has 118 valence electrons. The molecule has 1 atom stereocenters. The SMILES string of the molecule is CCCC1=C([N+](=O)[O-])CC(c2ccccc2)N1c1ccccc1. The topological polar surface area (TPSA) is 46.4 Å². The maximum atomic E-state index is 11.6. The van der Waals surface area contributed by atoms with Crippen LogP contribution in [0.1, 0.15) is 37.8 Å². The predicted molar refractivity (Wildman–Crippen MR) is 91.6 cm³/mol. The maximum absolute atomic E-state index is 11.6. The minimum Gasteiger partial charge on any atom is -0.331 e. The number of anilines is 1. The van der Waals surface area contributed by atoms with Crippen molar-refractivity contribution in [2.24, 2.45) is 0 Å². The van der Waals surface area contributed by atoms with Crippen molar-refractivity contribution in [2.75, 3.05) is 4.90 Å². The second-order valence-electron chi connectivity index (χ2n) is 5.74. The molecule has 3 rings (SSSR count). The van der Waals surface area contributed by atoms with Crippen LogP contribution in [0.3, 0.4) is 0 Å². The van der Waals surface area contributed by atoms with Gasteiger partial charge in [0.05, 0.1) is 23.1 Å². The molecule has 0 saturated carbocycles. The molecular formula is C19H20N2O2. The molecule has 4 heteroatoms. The van der Waals surface area contributed by atoms with Gasteiger partial charge in [0, 0.05) is 5.69 Å². The standard InChI is InChI=1S/C19H20N2O2/c1-2-9-17-19(21(22)23)14-18(15-10-5-3-6-11-15)20(17)16-12-7-4-8-13-16/h3-8,10-13,18H,2,9,14H2,1H3. The molecule has 1 aliphatic rings. The zero-order valence-electron chi connectivity index (χ0n) is 13.2. The summed E-state index contributed by atoms with van der Waals surface area (Å²) >= 11 is 0. The Bertz CT molecular complexity index is 711. The highest BCUT2D eigenvalue weighted by molar-refractivity contribution is 5.57. The third-order valence-corrected chi connectivity index (χ3v) is 4.25. The summed E-state index contributed by atoms with van der Waals surface area (Å²) < 4.78 is 0. The molecule has 23 heavy (non-hydrogen) atoms. The summed E-state index contributed by atoms with van der Waals surface area (Å²) in [6.45, 7) is 2.06. The minimum atomic E-state index is -0.204. The number of hydrogen-bond acceptors (Lipinski definition) is 3. The van der Waals surface area contributed by atoms with Gasteiger partial charge in [0.1, 0.15) is 0 Å². The van der Waals surface area contributed by atoms with Crippen molar-refractivity contribution in [1.82, 2.24) is 0 Å². The van der Waals surface area contributed by atoms with Crippen molar-refractivity contribution in [1.29, 1.82) is 0 Å². The van der Waals surface area contributed by atoms with Crippen molar-refractivity contribution < 1.29 is 4.92 Å². The Hall–Kier alpha value is -2.62. The Morgan fingerprint density at radius 3 is 2.26 bits per heavy atom. The molecule has 4 nitrogen and oxygen atoms in total. The van der Waals surface area contributed by atoms with E-state index < -0.39 is 0 Å². The van der Waals surface area contributed by atoms with Gasteiger partial charge in [-0.15, -0.1) is 0 Å². The second-order valence-corrected chi connectivity index (χ2v) is 5.74. The smallest absolute Gasteiger partial charge is 0.267 e. The van der Waals surface area contributed by atoms with Gasteiger partial charge in [0.2, 0.25) is 0 Å². The van der Waals surface area contributed by atoms with Crippen LogP contribution in [0, 0.1) is 10.1 Å². The summed E-state index contributed by atoms with van der Waals surface area (Å²) in [6, 6.07) is 20.0. The first-order valence-corrected chi connectivity index (χ1v) is 7.98. The lowest BCUT2D eigenvalue weighted by Gasteiger charge is -2.29. The van der Waals surface area contributed by atoms with Gasteiger partial charge in [0.15, 0.2) is 0 Å². The molecule has 0 aromatic heterocycles. The molecular weight excluding hydrogens is 288 g/mol. The fourth-order valence-corrected chi connectivity index (χ4v) is 3.27. The number of rotatable bonds is 5. The number of benzene rings is 2. The molecule has 1 heterocycles. The van der Waals surface area contributed by atoms with E-state index >= 15 is 0 Å². The summed E-state index contributed by atoms with van der Waals surface area (Å²) in [7, 11) is 0. The lowest BCUT2D eigenvalue weighted by molar-refractivity contribution is -0.428. The van der Waals surface area contributed by atoms with E-state index in [-0.39, 0.29) is 11.0 Å². The Labute approximate surface area is 136 Å². The van der Waals surface area contributed by atoms with E-state index in [2.05, 4.69) is 11.8 Å². The van der Waals surface area contributed by atoms with Crippen LogP contribution in [0.4, 0.5) is 5.69 Å². The Kier molecular flexibility index (Phi) is 4.42. The van der Waals surface area contributed by atoms with Crippen molar-refractivity contribution >= 4 is 5.69 Å². The van der Waals surface area contributed by atoms with Gasteiger partial charge in [-0.05, 0) is 24.1 Å². The van der Waals surface area contributed by atoms with Gasteiger partial charge in [-0.1, -0.05) is 61.9 Å². The van der Waals surface area contributed by atoms with Crippen LogP contribution >= 0.6 is 0 Å². The average molecular weight is 308 g/mol. The number of para-hydroxylation sites is 1. The lowest BCUT2D eigenvalue weighted by Crippen LogP contribution is -2.23. The zero-order chi connectivity index (χ0) is 16.2. The third kappa shape index (κ3) is 2.97. The van der Waals surface area contributed by atoms with Crippen LogP contribution in [-0.4, -0.2) is 4.92 Å². The first-order valence-electron chi connectivity index (χ1n) is 7.98. The maximum Gasteiger partial charge on any atom is 0.267 e.